The minimum Gasteiger partial charge on any atom is -0.374 e. The van der Waals surface area contributed by atoms with Crippen molar-refractivity contribution in [1.82, 2.24) is 10.2 Å². The molecule has 1 heterocycles. The molecule has 0 spiro atoms. The Balaban J connectivity index is 0.00000200. The fraction of sp³-hybridized carbons (Fsp3) is 0.533. The summed E-state index contributed by atoms with van der Waals surface area (Å²) in [6, 6.07) is 10.2. The molecule has 20 heavy (non-hydrogen) atoms. The molecule has 1 aromatic carbocycles. The van der Waals surface area contributed by atoms with Gasteiger partial charge < -0.3 is 15.0 Å². The van der Waals surface area contributed by atoms with Crippen LogP contribution in [-0.2, 0) is 9.53 Å². The topological polar surface area (TPSA) is 41.6 Å². The van der Waals surface area contributed by atoms with Gasteiger partial charge in [-0.15, -0.1) is 12.4 Å². The SMILES string of the molecule is CNCCC(=O)N1CC(C)OCC1c1ccccc1.Cl. The molecule has 0 aliphatic carbocycles. The van der Waals surface area contributed by atoms with Crippen molar-refractivity contribution in [3.8, 4) is 0 Å². The van der Waals surface area contributed by atoms with Gasteiger partial charge in [-0.1, -0.05) is 30.3 Å². The van der Waals surface area contributed by atoms with E-state index in [2.05, 4.69) is 17.4 Å². The van der Waals surface area contributed by atoms with E-state index < -0.39 is 0 Å². The molecule has 1 aliphatic rings. The Morgan fingerprint density at radius 3 is 2.75 bits per heavy atom. The lowest BCUT2D eigenvalue weighted by Crippen LogP contribution is -2.47. The zero-order valence-corrected chi connectivity index (χ0v) is 12.9. The first-order chi connectivity index (χ1) is 9.22. The van der Waals surface area contributed by atoms with E-state index in [1.807, 2.05) is 37.1 Å². The van der Waals surface area contributed by atoms with Crippen LogP contribution in [0.15, 0.2) is 30.3 Å². The van der Waals surface area contributed by atoms with Crippen LogP contribution in [0, 0.1) is 0 Å². The zero-order valence-electron chi connectivity index (χ0n) is 12.0. The highest BCUT2D eigenvalue weighted by molar-refractivity contribution is 5.85. The number of ether oxygens (including phenoxy) is 1. The van der Waals surface area contributed by atoms with Gasteiger partial charge in [-0.3, -0.25) is 4.79 Å². The summed E-state index contributed by atoms with van der Waals surface area (Å²) in [5.74, 6) is 0.193. The van der Waals surface area contributed by atoms with Crippen molar-refractivity contribution in [2.24, 2.45) is 0 Å². The van der Waals surface area contributed by atoms with Crippen LogP contribution in [0.25, 0.3) is 0 Å². The largest absolute Gasteiger partial charge is 0.374 e. The van der Waals surface area contributed by atoms with E-state index in [1.165, 1.54) is 0 Å². The molecule has 2 atom stereocenters. The quantitative estimate of drug-likeness (QED) is 0.924. The predicted octanol–water partition coefficient (Wildman–Crippen LogP) is 2.01. The van der Waals surface area contributed by atoms with Crippen LogP contribution in [0.5, 0.6) is 0 Å². The number of hydrogen-bond acceptors (Lipinski definition) is 3. The molecule has 4 nitrogen and oxygen atoms in total. The van der Waals surface area contributed by atoms with E-state index in [4.69, 9.17) is 4.74 Å². The Morgan fingerprint density at radius 1 is 1.40 bits per heavy atom. The standard InChI is InChI=1S/C15H22N2O2.ClH/c1-12-10-17(15(18)8-9-16-2)14(11-19-12)13-6-4-3-5-7-13;/h3-7,12,14,16H,8-11H2,1-2H3;1H. The Labute approximate surface area is 126 Å². The minimum atomic E-state index is 0. The maximum Gasteiger partial charge on any atom is 0.224 e. The first-order valence-electron chi connectivity index (χ1n) is 6.83. The van der Waals surface area contributed by atoms with Crippen molar-refractivity contribution in [2.75, 3.05) is 26.7 Å². The van der Waals surface area contributed by atoms with Crippen LogP contribution in [0.2, 0.25) is 0 Å². The fourth-order valence-corrected chi connectivity index (χ4v) is 2.40. The lowest BCUT2D eigenvalue weighted by molar-refractivity contribution is -0.144. The van der Waals surface area contributed by atoms with Gasteiger partial charge in [0.25, 0.3) is 0 Å². The number of benzene rings is 1. The molecule has 0 aromatic heterocycles. The molecule has 0 saturated carbocycles. The smallest absolute Gasteiger partial charge is 0.224 e. The summed E-state index contributed by atoms with van der Waals surface area (Å²) >= 11 is 0. The zero-order chi connectivity index (χ0) is 13.7. The molecular formula is C15H23ClN2O2. The van der Waals surface area contributed by atoms with E-state index in [9.17, 15) is 4.79 Å². The van der Waals surface area contributed by atoms with Gasteiger partial charge in [0, 0.05) is 19.5 Å². The van der Waals surface area contributed by atoms with Crippen LogP contribution in [0.3, 0.4) is 0 Å². The number of nitrogens with one attached hydrogen (secondary N) is 1. The van der Waals surface area contributed by atoms with Crippen LogP contribution >= 0.6 is 12.4 Å². The van der Waals surface area contributed by atoms with Gasteiger partial charge in [-0.2, -0.15) is 0 Å². The maximum atomic E-state index is 12.3. The number of nitrogens with zero attached hydrogens (tertiary/aromatic N) is 1. The molecule has 1 amide bonds. The normalized spacial score (nSPS) is 22.2. The Hall–Kier alpha value is -1.10. The molecule has 5 heteroatoms. The molecule has 2 rings (SSSR count). The number of rotatable bonds is 4. The third-order valence-corrected chi connectivity index (χ3v) is 3.46. The molecule has 0 radical (unpaired) electrons. The summed E-state index contributed by atoms with van der Waals surface area (Å²) in [5, 5.41) is 3.02. The highest BCUT2D eigenvalue weighted by Crippen LogP contribution is 2.26. The van der Waals surface area contributed by atoms with Crippen LogP contribution < -0.4 is 5.32 Å². The summed E-state index contributed by atoms with van der Waals surface area (Å²) in [7, 11) is 1.86. The van der Waals surface area contributed by atoms with Gasteiger partial charge >= 0.3 is 0 Å². The Bertz CT molecular complexity index is 414. The number of carbonyl (C=O) groups is 1. The second kappa shape index (κ2) is 8.25. The maximum absolute atomic E-state index is 12.3. The van der Waals surface area contributed by atoms with Gasteiger partial charge in [0.2, 0.25) is 5.91 Å². The lowest BCUT2D eigenvalue weighted by atomic mass is 10.0. The minimum absolute atomic E-state index is 0. The first kappa shape index (κ1) is 17.0. The number of amides is 1. The van der Waals surface area contributed by atoms with E-state index in [0.717, 1.165) is 5.56 Å². The second-order valence-electron chi connectivity index (χ2n) is 4.97. The van der Waals surface area contributed by atoms with Gasteiger partial charge in [-0.05, 0) is 19.5 Å². The third-order valence-electron chi connectivity index (χ3n) is 3.46. The van der Waals surface area contributed by atoms with Crippen molar-refractivity contribution in [3.05, 3.63) is 35.9 Å². The number of hydrogen-bond donors (Lipinski definition) is 1. The molecule has 1 saturated heterocycles. The van der Waals surface area contributed by atoms with Gasteiger partial charge in [0.15, 0.2) is 0 Å². The Morgan fingerprint density at radius 2 is 2.10 bits per heavy atom. The van der Waals surface area contributed by atoms with Gasteiger partial charge in [-0.25, -0.2) is 0 Å². The van der Waals surface area contributed by atoms with E-state index in [-0.39, 0.29) is 30.5 Å². The third kappa shape index (κ3) is 4.20. The van der Waals surface area contributed by atoms with Crippen molar-refractivity contribution in [3.63, 3.8) is 0 Å². The molecule has 0 bridgehead atoms. The second-order valence-corrected chi connectivity index (χ2v) is 4.97. The molecule has 1 fully saturated rings. The van der Waals surface area contributed by atoms with E-state index in [1.54, 1.807) is 0 Å². The summed E-state index contributed by atoms with van der Waals surface area (Å²) in [4.78, 5) is 14.3. The van der Waals surface area contributed by atoms with Crippen molar-refractivity contribution >= 4 is 18.3 Å². The highest BCUT2D eigenvalue weighted by Gasteiger charge is 2.30. The number of morpholine rings is 1. The molecular weight excluding hydrogens is 276 g/mol. The Kier molecular flexibility index (Phi) is 6.99. The molecule has 2 unspecified atom stereocenters. The highest BCUT2D eigenvalue weighted by atomic mass is 35.5. The predicted molar refractivity (Wildman–Crippen MR) is 82.1 cm³/mol. The first-order valence-corrected chi connectivity index (χ1v) is 6.83. The summed E-state index contributed by atoms with van der Waals surface area (Å²) in [6.45, 7) is 3.98. The van der Waals surface area contributed by atoms with Crippen LogP contribution in [-0.4, -0.2) is 43.7 Å². The summed E-state index contributed by atoms with van der Waals surface area (Å²) < 4.78 is 5.72. The average Bonchev–Trinajstić information content (AvgIpc) is 2.45. The van der Waals surface area contributed by atoms with Gasteiger partial charge in [0.1, 0.15) is 0 Å². The average molecular weight is 299 g/mol. The fourth-order valence-electron chi connectivity index (χ4n) is 2.40. The van der Waals surface area contributed by atoms with Gasteiger partial charge in [0.05, 0.1) is 18.8 Å². The molecule has 1 aromatic rings. The van der Waals surface area contributed by atoms with Crippen molar-refractivity contribution in [2.45, 2.75) is 25.5 Å². The number of halogens is 1. The van der Waals surface area contributed by atoms with E-state index in [0.29, 0.717) is 26.1 Å². The van der Waals surface area contributed by atoms with Crippen molar-refractivity contribution < 1.29 is 9.53 Å². The van der Waals surface area contributed by atoms with Crippen LogP contribution in [0.1, 0.15) is 24.9 Å². The summed E-state index contributed by atoms with van der Waals surface area (Å²) in [6.07, 6.45) is 0.644. The molecule has 1 aliphatic heterocycles. The van der Waals surface area contributed by atoms with Crippen LogP contribution in [0.4, 0.5) is 0 Å². The van der Waals surface area contributed by atoms with E-state index >= 15 is 0 Å². The number of carbonyl (C=O) groups excluding carboxylic acids is 1. The molecule has 112 valence electrons. The lowest BCUT2D eigenvalue weighted by Gasteiger charge is -2.39. The monoisotopic (exact) mass is 298 g/mol. The molecule has 1 N–H and O–H groups in total. The van der Waals surface area contributed by atoms with Crippen molar-refractivity contribution in [1.29, 1.82) is 0 Å². The summed E-state index contributed by atoms with van der Waals surface area (Å²) in [5.41, 5.74) is 1.15.